The first kappa shape index (κ1) is 17.4. The Morgan fingerprint density at radius 1 is 0.926 bits per heavy atom. The third-order valence-electron chi connectivity index (χ3n) is 4.89. The standard InChI is InChI=1S/C23H23NO3/c1-2-3-4-7-14-24-19-8-5-6-9-22(19)27-23-15-17(10-12-20(23)24)21-13-11-18(16-25)26-21/h5-6,8-13,15-16H,2-4,7,14H2,1H3. The summed E-state index contributed by atoms with van der Waals surface area (Å²) >= 11 is 0. The first-order chi connectivity index (χ1) is 13.3. The van der Waals surface area contributed by atoms with Crippen molar-refractivity contribution in [2.45, 2.75) is 32.6 Å². The van der Waals surface area contributed by atoms with Gasteiger partial charge >= 0.3 is 0 Å². The Balaban J connectivity index is 1.67. The molecule has 0 saturated carbocycles. The van der Waals surface area contributed by atoms with Crippen molar-refractivity contribution in [1.82, 2.24) is 0 Å². The Labute approximate surface area is 159 Å². The molecule has 1 aromatic heterocycles. The van der Waals surface area contributed by atoms with Crippen molar-refractivity contribution in [3.63, 3.8) is 0 Å². The highest BCUT2D eigenvalue weighted by atomic mass is 16.5. The van der Waals surface area contributed by atoms with Crippen molar-refractivity contribution in [3.8, 4) is 22.8 Å². The summed E-state index contributed by atoms with van der Waals surface area (Å²) in [6.07, 6.45) is 5.57. The summed E-state index contributed by atoms with van der Waals surface area (Å²) in [7, 11) is 0. The number of ether oxygens (including phenoxy) is 1. The van der Waals surface area contributed by atoms with Crippen molar-refractivity contribution in [3.05, 3.63) is 60.4 Å². The second kappa shape index (κ2) is 7.70. The van der Waals surface area contributed by atoms with Crippen LogP contribution < -0.4 is 9.64 Å². The average molecular weight is 361 g/mol. The Morgan fingerprint density at radius 2 is 1.78 bits per heavy atom. The maximum atomic E-state index is 10.9. The van der Waals surface area contributed by atoms with Crippen LogP contribution in [0.3, 0.4) is 0 Å². The number of anilines is 2. The van der Waals surface area contributed by atoms with Crippen LogP contribution in [0.4, 0.5) is 11.4 Å². The van der Waals surface area contributed by atoms with Crippen LogP contribution in [0.1, 0.15) is 43.2 Å². The lowest BCUT2D eigenvalue weighted by molar-refractivity contribution is 0.110. The van der Waals surface area contributed by atoms with Gasteiger partial charge in [0.2, 0.25) is 0 Å². The summed E-state index contributed by atoms with van der Waals surface area (Å²) in [5.74, 6) is 2.67. The molecule has 138 valence electrons. The maximum Gasteiger partial charge on any atom is 0.185 e. The number of benzene rings is 2. The van der Waals surface area contributed by atoms with Crippen LogP contribution in [-0.4, -0.2) is 12.8 Å². The molecule has 27 heavy (non-hydrogen) atoms. The molecule has 3 aromatic rings. The molecule has 0 aliphatic carbocycles. The third kappa shape index (κ3) is 3.47. The molecule has 4 nitrogen and oxygen atoms in total. The lowest BCUT2D eigenvalue weighted by Gasteiger charge is -2.33. The number of hydrogen-bond donors (Lipinski definition) is 0. The van der Waals surface area contributed by atoms with Crippen molar-refractivity contribution < 1.29 is 13.9 Å². The van der Waals surface area contributed by atoms with Gasteiger partial charge in [-0.3, -0.25) is 4.79 Å². The molecule has 0 saturated heterocycles. The van der Waals surface area contributed by atoms with Gasteiger partial charge in [0.15, 0.2) is 23.5 Å². The van der Waals surface area contributed by atoms with E-state index in [-0.39, 0.29) is 0 Å². The summed E-state index contributed by atoms with van der Waals surface area (Å²) < 4.78 is 11.7. The van der Waals surface area contributed by atoms with Gasteiger partial charge in [0.05, 0.1) is 11.4 Å². The van der Waals surface area contributed by atoms with E-state index in [0.29, 0.717) is 17.8 Å². The molecule has 0 atom stereocenters. The molecule has 0 fully saturated rings. The monoisotopic (exact) mass is 361 g/mol. The number of furan rings is 1. The van der Waals surface area contributed by atoms with Crippen LogP contribution in [0.15, 0.2) is 59.0 Å². The van der Waals surface area contributed by atoms with Gasteiger partial charge < -0.3 is 14.1 Å². The summed E-state index contributed by atoms with van der Waals surface area (Å²) in [6, 6.07) is 17.7. The molecule has 0 N–H and O–H groups in total. The fourth-order valence-corrected chi connectivity index (χ4v) is 3.50. The summed E-state index contributed by atoms with van der Waals surface area (Å²) in [5, 5.41) is 0. The zero-order valence-corrected chi connectivity index (χ0v) is 15.5. The Bertz CT molecular complexity index is 944. The highest BCUT2D eigenvalue weighted by Crippen LogP contribution is 2.47. The van der Waals surface area contributed by atoms with E-state index >= 15 is 0 Å². The predicted molar refractivity (Wildman–Crippen MR) is 107 cm³/mol. The van der Waals surface area contributed by atoms with E-state index < -0.39 is 0 Å². The summed E-state index contributed by atoms with van der Waals surface area (Å²) in [5.41, 5.74) is 3.07. The second-order valence-electron chi connectivity index (χ2n) is 6.78. The largest absolute Gasteiger partial charge is 0.453 e. The van der Waals surface area contributed by atoms with Crippen LogP contribution in [0.25, 0.3) is 11.3 Å². The number of fused-ring (bicyclic) bond motifs is 2. The zero-order chi connectivity index (χ0) is 18.6. The molecule has 0 radical (unpaired) electrons. The number of carbonyl (C=O) groups excluding carboxylic acids is 1. The lowest BCUT2D eigenvalue weighted by atomic mass is 10.1. The fourth-order valence-electron chi connectivity index (χ4n) is 3.50. The van der Waals surface area contributed by atoms with Crippen molar-refractivity contribution in [2.75, 3.05) is 11.4 Å². The molecule has 0 bridgehead atoms. The molecular weight excluding hydrogens is 338 g/mol. The van der Waals surface area contributed by atoms with Crippen molar-refractivity contribution in [1.29, 1.82) is 0 Å². The van der Waals surface area contributed by atoms with Gasteiger partial charge in [0, 0.05) is 12.1 Å². The van der Waals surface area contributed by atoms with Crippen LogP contribution >= 0.6 is 0 Å². The van der Waals surface area contributed by atoms with E-state index in [9.17, 15) is 4.79 Å². The summed E-state index contributed by atoms with van der Waals surface area (Å²) in [4.78, 5) is 13.2. The van der Waals surface area contributed by atoms with Gasteiger partial charge in [-0.15, -0.1) is 0 Å². The normalized spacial score (nSPS) is 12.3. The van der Waals surface area contributed by atoms with E-state index in [4.69, 9.17) is 9.15 Å². The molecule has 0 unspecified atom stereocenters. The van der Waals surface area contributed by atoms with Gasteiger partial charge in [-0.25, -0.2) is 0 Å². The van der Waals surface area contributed by atoms with Crippen molar-refractivity contribution in [2.24, 2.45) is 0 Å². The SMILES string of the molecule is CCCCCCN1c2ccccc2Oc2cc(-c3ccc(C=O)o3)ccc21. The highest BCUT2D eigenvalue weighted by Gasteiger charge is 2.24. The van der Waals surface area contributed by atoms with E-state index in [1.165, 1.54) is 19.3 Å². The molecule has 0 spiro atoms. The minimum Gasteiger partial charge on any atom is -0.453 e. The lowest BCUT2D eigenvalue weighted by Crippen LogP contribution is -2.22. The van der Waals surface area contributed by atoms with Crippen molar-refractivity contribution >= 4 is 17.7 Å². The number of para-hydroxylation sites is 2. The average Bonchev–Trinajstić information content (AvgIpc) is 3.19. The summed E-state index contributed by atoms with van der Waals surface area (Å²) in [6.45, 7) is 3.19. The van der Waals surface area contributed by atoms with Crippen LogP contribution in [0.5, 0.6) is 11.5 Å². The Morgan fingerprint density at radius 3 is 2.59 bits per heavy atom. The van der Waals surface area contributed by atoms with Gasteiger partial charge in [-0.05, 0) is 48.9 Å². The van der Waals surface area contributed by atoms with Crippen LogP contribution in [0, 0.1) is 0 Å². The Hall–Kier alpha value is -3.01. The van der Waals surface area contributed by atoms with E-state index in [0.717, 1.165) is 41.4 Å². The second-order valence-corrected chi connectivity index (χ2v) is 6.78. The molecule has 1 aliphatic rings. The maximum absolute atomic E-state index is 10.9. The fraction of sp³-hybridized carbons (Fsp3) is 0.261. The van der Waals surface area contributed by atoms with E-state index in [1.807, 2.05) is 36.4 Å². The minimum absolute atomic E-state index is 0.325. The van der Waals surface area contributed by atoms with Gasteiger partial charge in [0.25, 0.3) is 0 Å². The first-order valence-corrected chi connectivity index (χ1v) is 9.54. The number of hydrogen-bond acceptors (Lipinski definition) is 4. The smallest absolute Gasteiger partial charge is 0.185 e. The van der Waals surface area contributed by atoms with E-state index in [2.05, 4.69) is 24.0 Å². The highest BCUT2D eigenvalue weighted by molar-refractivity contribution is 5.81. The third-order valence-corrected chi connectivity index (χ3v) is 4.89. The predicted octanol–water partition coefficient (Wildman–Crippen LogP) is 6.58. The number of unbranched alkanes of at least 4 members (excludes halogenated alkanes) is 3. The minimum atomic E-state index is 0.325. The van der Waals surface area contributed by atoms with Crippen LogP contribution in [-0.2, 0) is 0 Å². The quantitative estimate of drug-likeness (QED) is 0.352. The molecule has 2 heterocycles. The Kier molecular flexibility index (Phi) is 4.97. The van der Waals surface area contributed by atoms with Gasteiger partial charge in [-0.1, -0.05) is 38.3 Å². The van der Waals surface area contributed by atoms with Gasteiger partial charge in [0.1, 0.15) is 5.76 Å². The van der Waals surface area contributed by atoms with Gasteiger partial charge in [-0.2, -0.15) is 0 Å². The zero-order valence-electron chi connectivity index (χ0n) is 15.5. The number of aldehydes is 1. The van der Waals surface area contributed by atoms with Crippen LogP contribution in [0.2, 0.25) is 0 Å². The molecule has 4 rings (SSSR count). The molecule has 2 aromatic carbocycles. The molecule has 0 amide bonds. The topological polar surface area (TPSA) is 42.7 Å². The molecular formula is C23H23NO3. The number of nitrogens with zero attached hydrogens (tertiary/aromatic N) is 1. The molecule has 1 aliphatic heterocycles. The molecule has 4 heteroatoms. The van der Waals surface area contributed by atoms with E-state index in [1.54, 1.807) is 6.07 Å². The number of carbonyl (C=O) groups is 1. The first-order valence-electron chi connectivity index (χ1n) is 9.54. The number of rotatable bonds is 7.